The number of aromatic amines is 1. The van der Waals surface area contributed by atoms with Gasteiger partial charge in [-0.05, 0) is 13.0 Å². The zero-order valence-electron chi connectivity index (χ0n) is 23.8. The molecule has 17 heteroatoms. The topological polar surface area (TPSA) is 124 Å². The number of fused-ring (bicyclic) bond motifs is 3. The number of carbonyl (C=O) groups excluding carboxylic acids is 2. The molecule has 2 atom stereocenters. The van der Waals surface area contributed by atoms with E-state index in [9.17, 15) is 40.7 Å². The maximum absolute atomic E-state index is 13.3. The summed E-state index contributed by atoms with van der Waals surface area (Å²) >= 11 is 0. The average molecular weight is 581 g/mol. The molecule has 2 aromatic heterocycles. The van der Waals surface area contributed by atoms with Gasteiger partial charge < -0.3 is 24.8 Å². The molecule has 0 saturated carbocycles. The van der Waals surface area contributed by atoms with Crippen molar-refractivity contribution in [1.82, 2.24) is 20.1 Å². The quantitative estimate of drug-likeness (QED) is 0.377. The van der Waals surface area contributed by atoms with Crippen LogP contribution in [0.1, 0.15) is 28.6 Å². The van der Waals surface area contributed by atoms with Gasteiger partial charge in [-0.2, -0.15) is 31.4 Å². The van der Waals surface area contributed by atoms with Crippen molar-refractivity contribution < 1.29 is 44.8 Å². The van der Waals surface area contributed by atoms with Crippen molar-refractivity contribution in [2.45, 2.75) is 37.8 Å². The first-order chi connectivity index (χ1) is 19.9. The van der Waals surface area contributed by atoms with E-state index in [4.69, 9.17) is 8.85 Å². The minimum Gasteiger partial charge on any atom is -0.379 e. The Hall–Kier alpha value is -3.89. The molecule has 0 aliphatic carbocycles. The van der Waals surface area contributed by atoms with Gasteiger partial charge in [0, 0.05) is 36.4 Å². The van der Waals surface area contributed by atoms with E-state index in [1.54, 1.807) is 5.10 Å². The van der Waals surface area contributed by atoms with Crippen LogP contribution in [0.25, 0.3) is 0 Å². The number of aromatic nitrogens is 3. The summed E-state index contributed by atoms with van der Waals surface area (Å²) in [6.07, 6.45) is -8.59. The van der Waals surface area contributed by atoms with E-state index in [1.807, 2.05) is 0 Å². The summed E-state index contributed by atoms with van der Waals surface area (Å²) in [6, 6.07) is -1.38. The Morgan fingerprint density at radius 1 is 1.23 bits per heavy atom. The zero-order valence-corrected chi connectivity index (χ0v) is 20.8. The molecule has 2 aromatic rings. The SMILES string of the molecule is [2H]C([2H])([2H])N1C(=O)[C@H]2CN(C(=O)CCOC[C@H](C)Nc3cn[nH]c(=O)c3C(F)(F)F)CCN2c2ncc(C(F)(F)F)cc21. The maximum atomic E-state index is 13.3. The number of halogens is 6. The van der Waals surface area contributed by atoms with Gasteiger partial charge in [-0.25, -0.2) is 10.1 Å². The fraction of sp³-hybridized carbons (Fsp3) is 0.522. The molecule has 2 amide bonds. The summed E-state index contributed by atoms with van der Waals surface area (Å²) in [4.78, 5) is 44.4. The van der Waals surface area contributed by atoms with Crippen LogP contribution in [0.15, 0.2) is 23.3 Å². The van der Waals surface area contributed by atoms with Crippen molar-refractivity contribution in [2.24, 2.45) is 0 Å². The normalized spacial score (nSPS) is 19.8. The van der Waals surface area contributed by atoms with E-state index in [2.05, 4.69) is 15.4 Å². The Kier molecular flexibility index (Phi) is 6.86. The van der Waals surface area contributed by atoms with E-state index in [1.165, 1.54) is 16.7 Å². The van der Waals surface area contributed by atoms with E-state index in [0.29, 0.717) is 12.3 Å². The zero-order chi connectivity index (χ0) is 31.9. The number of amides is 2. The molecule has 11 nitrogen and oxygen atoms in total. The number of pyridine rings is 1. The smallest absolute Gasteiger partial charge is 0.379 e. The second-order valence-electron chi connectivity index (χ2n) is 9.14. The Morgan fingerprint density at radius 3 is 2.65 bits per heavy atom. The Morgan fingerprint density at radius 2 is 1.98 bits per heavy atom. The molecule has 0 unspecified atom stereocenters. The number of alkyl halides is 6. The molecule has 0 spiro atoms. The molecular weight excluding hydrogens is 552 g/mol. The van der Waals surface area contributed by atoms with Crippen LogP contribution in [0.5, 0.6) is 0 Å². The van der Waals surface area contributed by atoms with Crippen LogP contribution in [-0.4, -0.2) is 83.8 Å². The lowest BCUT2D eigenvalue weighted by Gasteiger charge is -2.46. The van der Waals surface area contributed by atoms with Crippen LogP contribution in [0.2, 0.25) is 0 Å². The fourth-order valence-corrected chi connectivity index (χ4v) is 4.40. The molecule has 2 aliphatic heterocycles. The van der Waals surface area contributed by atoms with Crippen LogP contribution in [0, 0.1) is 0 Å². The Labute approximate surface area is 227 Å². The van der Waals surface area contributed by atoms with Gasteiger partial charge >= 0.3 is 12.4 Å². The summed E-state index contributed by atoms with van der Waals surface area (Å²) < 4.78 is 108. The molecule has 2 aliphatic rings. The van der Waals surface area contributed by atoms with Crippen LogP contribution in [0.3, 0.4) is 0 Å². The Bertz CT molecular complexity index is 1440. The van der Waals surface area contributed by atoms with Crippen molar-refractivity contribution in [3.05, 3.63) is 39.9 Å². The number of hydrogen-bond acceptors (Lipinski definition) is 8. The second-order valence-corrected chi connectivity index (χ2v) is 9.14. The van der Waals surface area contributed by atoms with Crippen LogP contribution >= 0.6 is 0 Å². The highest BCUT2D eigenvalue weighted by molar-refractivity contribution is 6.05. The molecule has 1 fully saturated rings. The largest absolute Gasteiger partial charge is 0.423 e. The maximum Gasteiger partial charge on any atom is 0.423 e. The van der Waals surface area contributed by atoms with Gasteiger partial charge in [-0.15, -0.1) is 0 Å². The number of ether oxygens (including phenoxy) is 1. The Balaban J connectivity index is 1.37. The van der Waals surface area contributed by atoms with Crippen molar-refractivity contribution in [3.8, 4) is 0 Å². The van der Waals surface area contributed by atoms with Crippen LogP contribution < -0.4 is 20.7 Å². The minimum atomic E-state index is -4.93. The molecule has 2 N–H and O–H groups in total. The van der Waals surface area contributed by atoms with E-state index >= 15 is 0 Å². The van der Waals surface area contributed by atoms with E-state index < -0.39 is 71.3 Å². The predicted octanol–water partition coefficient (Wildman–Crippen LogP) is 2.10. The lowest BCUT2D eigenvalue weighted by molar-refractivity contribution is -0.138. The summed E-state index contributed by atoms with van der Waals surface area (Å²) in [5.74, 6) is -1.62. The van der Waals surface area contributed by atoms with E-state index in [-0.39, 0.29) is 50.0 Å². The first-order valence-electron chi connectivity index (χ1n) is 13.3. The summed E-state index contributed by atoms with van der Waals surface area (Å²) in [5.41, 5.74) is -5.14. The van der Waals surface area contributed by atoms with E-state index in [0.717, 1.165) is 6.20 Å². The first-order valence-corrected chi connectivity index (χ1v) is 11.8. The molecule has 4 heterocycles. The molecule has 0 bridgehead atoms. The highest BCUT2D eigenvalue weighted by Crippen LogP contribution is 2.39. The number of likely N-dealkylation sites (N-methyl/N-ethyl adjacent to an activating group) is 1. The number of rotatable bonds is 7. The molecule has 4 rings (SSSR count). The number of carbonyl (C=O) groups is 2. The van der Waals surface area contributed by atoms with Crippen molar-refractivity contribution in [2.75, 3.05) is 54.9 Å². The van der Waals surface area contributed by atoms with Crippen LogP contribution in [0.4, 0.5) is 43.5 Å². The van der Waals surface area contributed by atoms with Crippen molar-refractivity contribution in [3.63, 3.8) is 0 Å². The van der Waals surface area contributed by atoms with Gasteiger partial charge in [0.25, 0.3) is 11.5 Å². The van der Waals surface area contributed by atoms with Gasteiger partial charge in [0.05, 0.1) is 49.3 Å². The minimum absolute atomic E-state index is 0.0179. The number of anilines is 3. The van der Waals surface area contributed by atoms with Gasteiger partial charge in [-0.3, -0.25) is 14.4 Å². The third kappa shape index (κ3) is 5.97. The summed E-state index contributed by atoms with van der Waals surface area (Å²) in [6.45, 7) is -2.18. The number of piperazine rings is 1. The average Bonchev–Trinajstić information content (AvgIpc) is 2.88. The number of nitrogens with zero attached hydrogens (tertiary/aromatic N) is 5. The van der Waals surface area contributed by atoms with Crippen molar-refractivity contribution in [1.29, 1.82) is 0 Å². The molecule has 1 saturated heterocycles. The molecule has 0 aromatic carbocycles. The lowest BCUT2D eigenvalue weighted by atomic mass is 10.0. The second kappa shape index (κ2) is 10.9. The monoisotopic (exact) mass is 580 g/mol. The molecular formula is C23H25F6N7O4. The van der Waals surface area contributed by atoms with Gasteiger partial charge in [-0.1, -0.05) is 0 Å². The first kappa shape index (κ1) is 25.1. The highest BCUT2D eigenvalue weighted by atomic mass is 19.4. The predicted molar refractivity (Wildman–Crippen MR) is 129 cm³/mol. The van der Waals surface area contributed by atoms with Gasteiger partial charge in [0.2, 0.25) is 5.91 Å². The standard InChI is InChI=1S/C23H25F6N7O4/c1-12(32-14-9-31-33-20(38)18(14)23(27,28)29)11-40-6-3-17(37)35-4-5-36-16(10-35)21(39)34(2)15-7-13(22(24,25)26)8-30-19(15)36/h7-9,12,16H,3-6,10-11H2,1-2H3,(H2,32,33,38)/t12-,16+/m0/s1/i2D3. The highest BCUT2D eigenvalue weighted by Gasteiger charge is 2.43. The summed E-state index contributed by atoms with van der Waals surface area (Å²) in [7, 11) is 0. The van der Waals surface area contributed by atoms with Crippen molar-refractivity contribution >= 4 is 29.0 Å². The molecule has 218 valence electrons. The lowest BCUT2D eigenvalue weighted by Crippen LogP contribution is -2.63. The van der Waals surface area contributed by atoms with Gasteiger partial charge in [0.1, 0.15) is 11.6 Å². The third-order valence-electron chi connectivity index (χ3n) is 6.30. The number of nitrogens with one attached hydrogen (secondary N) is 2. The molecule has 0 radical (unpaired) electrons. The molecule has 40 heavy (non-hydrogen) atoms. The van der Waals surface area contributed by atoms with Gasteiger partial charge in [0.15, 0.2) is 5.82 Å². The third-order valence-corrected chi connectivity index (χ3v) is 6.30. The number of H-pyrrole nitrogens is 1. The fourth-order valence-electron chi connectivity index (χ4n) is 4.40. The van der Waals surface area contributed by atoms with Crippen LogP contribution in [-0.2, 0) is 26.7 Å². The summed E-state index contributed by atoms with van der Waals surface area (Å²) in [5, 5.41) is 7.58. The number of hydrogen-bond donors (Lipinski definition) is 2.